The van der Waals surface area contributed by atoms with Crippen LogP contribution in [0, 0.1) is 5.92 Å². The Morgan fingerprint density at radius 2 is 2.37 bits per heavy atom. The van der Waals surface area contributed by atoms with Crippen molar-refractivity contribution in [3.8, 4) is 0 Å². The van der Waals surface area contributed by atoms with Gasteiger partial charge in [-0.2, -0.15) is 5.10 Å². The molecule has 0 aliphatic carbocycles. The molecule has 0 saturated carbocycles. The lowest BCUT2D eigenvalue weighted by Crippen LogP contribution is -2.39. The Bertz CT molecular complexity index is 510. The molecule has 1 saturated heterocycles. The first-order chi connectivity index (χ1) is 9.00. The second-order valence-corrected chi connectivity index (χ2v) is 7.64. The van der Waals surface area contributed by atoms with Gasteiger partial charge in [0.2, 0.25) is 0 Å². The van der Waals surface area contributed by atoms with E-state index in [1.807, 2.05) is 19.3 Å². The Morgan fingerprint density at radius 3 is 2.89 bits per heavy atom. The average Bonchev–Trinajstić information content (AvgIpc) is 2.90. The second kappa shape index (κ2) is 6.05. The van der Waals surface area contributed by atoms with E-state index in [1.165, 1.54) is 0 Å². The van der Waals surface area contributed by atoms with Crippen LogP contribution in [0.1, 0.15) is 25.5 Å². The SMILES string of the molecule is CCCNC(Cc1ccn(C)n1)C1CCS(=O)(=O)C1. The first kappa shape index (κ1) is 14.5. The summed E-state index contributed by atoms with van der Waals surface area (Å²) in [6, 6.07) is 2.22. The molecule has 2 atom stereocenters. The fraction of sp³-hybridized carbons (Fsp3) is 0.769. The van der Waals surface area contributed by atoms with Gasteiger partial charge in [-0.25, -0.2) is 8.42 Å². The molecular weight excluding hydrogens is 262 g/mol. The minimum atomic E-state index is -2.82. The van der Waals surface area contributed by atoms with Crippen molar-refractivity contribution in [1.82, 2.24) is 15.1 Å². The molecule has 6 heteroatoms. The maximum atomic E-state index is 11.6. The quantitative estimate of drug-likeness (QED) is 0.838. The molecule has 1 aliphatic rings. The highest BCUT2D eigenvalue weighted by Crippen LogP contribution is 2.23. The predicted molar refractivity (Wildman–Crippen MR) is 75.8 cm³/mol. The van der Waals surface area contributed by atoms with Gasteiger partial charge < -0.3 is 5.32 Å². The summed E-state index contributed by atoms with van der Waals surface area (Å²) in [6.07, 6.45) is 4.56. The summed E-state index contributed by atoms with van der Waals surface area (Å²) in [7, 11) is -0.917. The highest BCUT2D eigenvalue weighted by atomic mass is 32.2. The van der Waals surface area contributed by atoms with E-state index in [-0.39, 0.29) is 12.0 Å². The first-order valence-corrected chi connectivity index (χ1v) is 8.74. The van der Waals surface area contributed by atoms with Crippen LogP contribution in [-0.2, 0) is 23.3 Å². The lowest BCUT2D eigenvalue weighted by molar-refractivity contribution is 0.376. The maximum Gasteiger partial charge on any atom is 0.150 e. The molecule has 5 nitrogen and oxygen atoms in total. The van der Waals surface area contributed by atoms with Crippen molar-refractivity contribution < 1.29 is 8.42 Å². The summed E-state index contributed by atoms with van der Waals surface area (Å²) in [5.41, 5.74) is 1.03. The molecule has 2 heterocycles. The zero-order valence-electron chi connectivity index (χ0n) is 11.7. The summed E-state index contributed by atoms with van der Waals surface area (Å²) < 4.78 is 25.0. The van der Waals surface area contributed by atoms with Crippen molar-refractivity contribution in [3.63, 3.8) is 0 Å². The number of nitrogens with zero attached hydrogens (tertiary/aromatic N) is 2. The number of nitrogens with one attached hydrogen (secondary N) is 1. The fourth-order valence-corrected chi connectivity index (χ4v) is 4.55. The predicted octanol–water partition coefficient (Wildman–Crippen LogP) is 0.766. The van der Waals surface area contributed by atoms with Crippen LogP contribution >= 0.6 is 0 Å². The van der Waals surface area contributed by atoms with Gasteiger partial charge in [-0.15, -0.1) is 0 Å². The smallest absolute Gasteiger partial charge is 0.150 e. The number of hydrogen-bond acceptors (Lipinski definition) is 4. The average molecular weight is 285 g/mol. The Kier molecular flexibility index (Phi) is 4.62. The molecule has 19 heavy (non-hydrogen) atoms. The van der Waals surface area contributed by atoms with Crippen LogP contribution in [-0.4, -0.2) is 42.3 Å². The van der Waals surface area contributed by atoms with Gasteiger partial charge in [-0.1, -0.05) is 6.92 Å². The molecule has 1 N–H and O–H groups in total. The van der Waals surface area contributed by atoms with Crippen LogP contribution in [0.15, 0.2) is 12.3 Å². The number of aromatic nitrogens is 2. The standard InChI is InChI=1S/C13H23N3O2S/c1-3-6-14-13(9-12-4-7-16(2)15-12)11-5-8-19(17,18)10-11/h4,7,11,13-14H,3,5-6,8-10H2,1-2H3. The fourth-order valence-electron chi connectivity index (χ4n) is 2.67. The van der Waals surface area contributed by atoms with Gasteiger partial charge in [-0.05, 0) is 31.4 Å². The Labute approximate surface area is 115 Å². The van der Waals surface area contributed by atoms with Gasteiger partial charge in [0, 0.05) is 25.7 Å². The van der Waals surface area contributed by atoms with E-state index < -0.39 is 9.84 Å². The second-order valence-electron chi connectivity index (χ2n) is 5.41. The lowest BCUT2D eigenvalue weighted by Gasteiger charge is -2.23. The minimum Gasteiger partial charge on any atom is -0.313 e. The van der Waals surface area contributed by atoms with E-state index in [4.69, 9.17) is 0 Å². The Balaban J connectivity index is 2.03. The van der Waals surface area contributed by atoms with Gasteiger partial charge in [0.1, 0.15) is 0 Å². The normalized spacial score (nSPS) is 23.6. The van der Waals surface area contributed by atoms with Crippen LogP contribution in [0.4, 0.5) is 0 Å². The zero-order valence-corrected chi connectivity index (χ0v) is 12.5. The number of aryl methyl sites for hydroxylation is 1. The van der Waals surface area contributed by atoms with Crippen LogP contribution in [0.3, 0.4) is 0 Å². The molecule has 108 valence electrons. The molecule has 1 aliphatic heterocycles. The van der Waals surface area contributed by atoms with Crippen LogP contribution in [0.5, 0.6) is 0 Å². The van der Waals surface area contributed by atoms with Gasteiger partial charge in [-0.3, -0.25) is 4.68 Å². The monoisotopic (exact) mass is 285 g/mol. The van der Waals surface area contributed by atoms with Gasteiger partial charge in [0.05, 0.1) is 17.2 Å². The van der Waals surface area contributed by atoms with Gasteiger partial charge in [0.25, 0.3) is 0 Å². The summed E-state index contributed by atoms with van der Waals surface area (Å²) in [5, 5.41) is 7.89. The molecule has 0 amide bonds. The summed E-state index contributed by atoms with van der Waals surface area (Å²) >= 11 is 0. The molecule has 1 aromatic heterocycles. The molecule has 1 fully saturated rings. The van der Waals surface area contributed by atoms with E-state index in [2.05, 4.69) is 17.3 Å². The third-order valence-electron chi connectivity index (χ3n) is 3.69. The minimum absolute atomic E-state index is 0.215. The number of hydrogen-bond donors (Lipinski definition) is 1. The maximum absolute atomic E-state index is 11.6. The topological polar surface area (TPSA) is 64.0 Å². The molecule has 2 rings (SSSR count). The van der Waals surface area contributed by atoms with Crippen LogP contribution in [0.2, 0.25) is 0 Å². The van der Waals surface area contributed by atoms with Crippen molar-refractivity contribution >= 4 is 9.84 Å². The van der Waals surface area contributed by atoms with Gasteiger partial charge >= 0.3 is 0 Å². The molecule has 0 radical (unpaired) electrons. The summed E-state index contributed by atoms with van der Waals surface area (Å²) in [5.74, 6) is 0.879. The van der Waals surface area contributed by atoms with Crippen molar-refractivity contribution in [1.29, 1.82) is 0 Å². The van der Waals surface area contributed by atoms with E-state index in [1.54, 1.807) is 4.68 Å². The van der Waals surface area contributed by atoms with E-state index in [0.29, 0.717) is 11.5 Å². The Morgan fingerprint density at radius 1 is 1.58 bits per heavy atom. The molecule has 0 spiro atoms. The highest BCUT2D eigenvalue weighted by molar-refractivity contribution is 7.91. The first-order valence-electron chi connectivity index (χ1n) is 6.92. The van der Waals surface area contributed by atoms with Gasteiger partial charge in [0.15, 0.2) is 9.84 Å². The van der Waals surface area contributed by atoms with Crippen molar-refractivity contribution in [3.05, 3.63) is 18.0 Å². The lowest BCUT2D eigenvalue weighted by atomic mass is 9.95. The third-order valence-corrected chi connectivity index (χ3v) is 5.48. The summed E-state index contributed by atoms with van der Waals surface area (Å²) in [6.45, 7) is 3.05. The third kappa shape index (κ3) is 4.04. The molecule has 2 unspecified atom stereocenters. The molecule has 0 bridgehead atoms. The van der Waals surface area contributed by atoms with E-state index in [0.717, 1.165) is 31.5 Å². The zero-order chi connectivity index (χ0) is 13.9. The van der Waals surface area contributed by atoms with E-state index >= 15 is 0 Å². The highest BCUT2D eigenvalue weighted by Gasteiger charge is 2.33. The van der Waals surface area contributed by atoms with E-state index in [9.17, 15) is 8.42 Å². The van der Waals surface area contributed by atoms with Crippen molar-refractivity contribution in [2.24, 2.45) is 13.0 Å². The molecular formula is C13H23N3O2S. The number of sulfone groups is 1. The van der Waals surface area contributed by atoms with Crippen LogP contribution in [0.25, 0.3) is 0 Å². The largest absolute Gasteiger partial charge is 0.313 e. The van der Waals surface area contributed by atoms with Crippen molar-refractivity contribution in [2.45, 2.75) is 32.2 Å². The van der Waals surface area contributed by atoms with Crippen molar-refractivity contribution in [2.75, 3.05) is 18.1 Å². The number of rotatable bonds is 6. The summed E-state index contributed by atoms with van der Waals surface area (Å²) in [4.78, 5) is 0. The molecule has 1 aromatic rings. The molecule has 0 aromatic carbocycles. The Hall–Kier alpha value is -0.880. The van der Waals surface area contributed by atoms with Crippen LogP contribution < -0.4 is 5.32 Å².